The van der Waals surface area contributed by atoms with Gasteiger partial charge in [0, 0.05) is 6.20 Å². The molecule has 1 N–H and O–H groups in total. The van der Waals surface area contributed by atoms with Gasteiger partial charge in [0.2, 0.25) is 5.82 Å². The molecular weight excluding hydrogens is 390 g/mol. The number of nitrogens with zero attached hydrogens (tertiary/aromatic N) is 2. The van der Waals surface area contributed by atoms with Gasteiger partial charge < -0.3 is 5.32 Å². The number of aromatic nitrogens is 2. The number of nitrogens with one attached hydrogen (secondary N) is 1. The van der Waals surface area contributed by atoms with E-state index in [0.29, 0.717) is 0 Å². The van der Waals surface area contributed by atoms with Crippen LogP contribution in [-0.4, -0.2) is 15.5 Å². The molecule has 0 atom stereocenters. The van der Waals surface area contributed by atoms with E-state index in [1.807, 2.05) is 0 Å². The highest BCUT2D eigenvalue weighted by atomic mass is 35.5. The Labute approximate surface area is 155 Å². The molecule has 9 heteroatoms. The molecule has 0 saturated heterocycles. The number of fused-ring (bicyclic) bond motifs is 1. The molecule has 0 fully saturated rings. The second kappa shape index (κ2) is 6.66. The summed E-state index contributed by atoms with van der Waals surface area (Å²) < 4.78 is 40.4. The molecule has 0 spiro atoms. The zero-order valence-electron chi connectivity index (χ0n) is 12.9. The molecule has 0 aliphatic rings. The third-order valence-electron chi connectivity index (χ3n) is 3.59. The van der Waals surface area contributed by atoms with Crippen LogP contribution in [0.25, 0.3) is 17.2 Å². The second-order valence-corrected chi connectivity index (χ2v) is 6.02. The normalized spacial score (nSPS) is 11.6. The summed E-state index contributed by atoms with van der Waals surface area (Å²) in [5.74, 6) is -1.80. The number of benzene rings is 2. The molecular formula is C17H10Cl2F3N3O. The van der Waals surface area contributed by atoms with Crippen molar-refractivity contribution in [2.75, 3.05) is 5.32 Å². The van der Waals surface area contributed by atoms with Crippen molar-refractivity contribution in [3.05, 3.63) is 64.4 Å². The first-order valence-electron chi connectivity index (χ1n) is 7.20. The van der Waals surface area contributed by atoms with Gasteiger partial charge in [0.05, 0.1) is 26.8 Å². The van der Waals surface area contributed by atoms with E-state index in [1.54, 1.807) is 6.07 Å². The number of hydrogen-bond acceptors (Lipinski definition) is 2. The van der Waals surface area contributed by atoms with Crippen molar-refractivity contribution in [1.29, 1.82) is 0 Å². The van der Waals surface area contributed by atoms with Gasteiger partial charge in [-0.1, -0.05) is 41.9 Å². The highest BCUT2D eigenvalue weighted by Crippen LogP contribution is 2.34. The molecule has 3 aromatic rings. The van der Waals surface area contributed by atoms with Crippen molar-refractivity contribution in [3.8, 4) is 0 Å². The molecule has 134 valence electrons. The quantitative estimate of drug-likeness (QED) is 0.612. The van der Waals surface area contributed by atoms with Crippen molar-refractivity contribution in [2.24, 2.45) is 0 Å². The first-order valence-corrected chi connectivity index (χ1v) is 7.95. The number of alkyl halides is 3. The van der Waals surface area contributed by atoms with Crippen molar-refractivity contribution in [2.45, 2.75) is 6.18 Å². The largest absolute Gasteiger partial charge is 0.450 e. The lowest BCUT2D eigenvalue weighted by Crippen LogP contribution is -2.13. The molecule has 4 nitrogen and oxygen atoms in total. The fourth-order valence-electron chi connectivity index (χ4n) is 2.50. The molecule has 0 radical (unpaired) electrons. The van der Waals surface area contributed by atoms with Crippen LogP contribution in [0, 0.1) is 0 Å². The molecule has 0 saturated carbocycles. The topological polar surface area (TPSA) is 46.9 Å². The molecule has 3 rings (SSSR count). The number of halogens is 5. The monoisotopic (exact) mass is 399 g/mol. The summed E-state index contributed by atoms with van der Waals surface area (Å²) in [4.78, 5) is 16.1. The van der Waals surface area contributed by atoms with Gasteiger partial charge in [-0.3, -0.25) is 9.36 Å². The SMILES string of the molecule is C=Cn1c(C(F)(F)F)nc2c(NC(=O)c3c(Cl)cccc3Cl)cccc21. The van der Waals surface area contributed by atoms with Crippen molar-refractivity contribution >= 4 is 52.0 Å². The Balaban J connectivity index is 2.11. The molecule has 0 unspecified atom stereocenters. The molecule has 0 bridgehead atoms. The number of para-hydroxylation sites is 1. The maximum atomic E-state index is 13.2. The summed E-state index contributed by atoms with van der Waals surface area (Å²) >= 11 is 12.0. The van der Waals surface area contributed by atoms with Crippen LogP contribution in [-0.2, 0) is 6.18 Å². The van der Waals surface area contributed by atoms with E-state index in [1.165, 1.54) is 30.3 Å². The van der Waals surface area contributed by atoms with Crippen LogP contribution in [0.15, 0.2) is 43.0 Å². The molecule has 2 aromatic carbocycles. The Kier molecular flexibility index (Phi) is 4.68. The lowest BCUT2D eigenvalue weighted by Gasteiger charge is -2.09. The molecule has 26 heavy (non-hydrogen) atoms. The highest BCUT2D eigenvalue weighted by molar-refractivity contribution is 6.40. The van der Waals surface area contributed by atoms with Crippen LogP contribution >= 0.6 is 23.2 Å². The van der Waals surface area contributed by atoms with Crippen molar-refractivity contribution < 1.29 is 18.0 Å². The van der Waals surface area contributed by atoms with Crippen LogP contribution in [0.1, 0.15) is 16.2 Å². The minimum absolute atomic E-state index is 0.0204. The summed E-state index contributed by atoms with van der Waals surface area (Å²) in [5, 5.41) is 2.75. The van der Waals surface area contributed by atoms with Gasteiger partial charge in [-0.05, 0) is 24.3 Å². The third kappa shape index (κ3) is 3.15. The Morgan fingerprint density at radius 1 is 1.15 bits per heavy atom. The average Bonchev–Trinajstić information content (AvgIpc) is 2.94. The lowest BCUT2D eigenvalue weighted by atomic mass is 10.2. The number of rotatable bonds is 3. The van der Waals surface area contributed by atoms with Crippen molar-refractivity contribution in [1.82, 2.24) is 9.55 Å². The summed E-state index contributed by atoms with van der Waals surface area (Å²) in [5.41, 5.74) is 0.230. The molecule has 1 amide bonds. The smallest absolute Gasteiger partial charge is 0.320 e. The van der Waals surface area contributed by atoms with Gasteiger partial charge in [0.1, 0.15) is 5.52 Å². The van der Waals surface area contributed by atoms with E-state index in [-0.39, 0.29) is 32.3 Å². The maximum absolute atomic E-state index is 13.2. The van der Waals surface area contributed by atoms with E-state index in [0.717, 1.165) is 10.8 Å². The first kappa shape index (κ1) is 18.3. The third-order valence-corrected chi connectivity index (χ3v) is 4.22. The average molecular weight is 400 g/mol. The summed E-state index contributed by atoms with van der Waals surface area (Å²) in [7, 11) is 0. The molecule has 1 heterocycles. The Morgan fingerprint density at radius 3 is 2.35 bits per heavy atom. The predicted octanol–water partition coefficient (Wildman–Crippen LogP) is 5.71. The van der Waals surface area contributed by atoms with E-state index >= 15 is 0 Å². The number of carbonyl (C=O) groups excluding carboxylic acids is 1. The van der Waals surface area contributed by atoms with Crippen LogP contribution in [0.2, 0.25) is 10.0 Å². The van der Waals surface area contributed by atoms with Gasteiger partial charge >= 0.3 is 6.18 Å². The second-order valence-electron chi connectivity index (χ2n) is 5.21. The molecule has 1 aromatic heterocycles. The zero-order valence-corrected chi connectivity index (χ0v) is 14.5. The lowest BCUT2D eigenvalue weighted by molar-refractivity contribution is -0.145. The van der Waals surface area contributed by atoms with Gasteiger partial charge in [-0.2, -0.15) is 13.2 Å². The van der Waals surface area contributed by atoms with Gasteiger partial charge in [0.25, 0.3) is 5.91 Å². The van der Waals surface area contributed by atoms with Crippen LogP contribution < -0.4 is 5.32 Å². The standard InChI is InChI=1S/C17H10Cl2F3N3O/c1-2-25-12-8-4-7-11(14(12)24-16(25)17(20,21)22)23-15(26)13-9(18)5-3-6-10(13)19/h2-8H,1H2,(H,23,26). The fraction of sp³-hybridized carbons (Fsp3) is 0.0588. The molecule has 0 aliphatic heterocycles. The summed E-state index contributed by atoms with van der Waals surface area (Å²) in [6.45, 7) is 3.39. The number of carbonyl (C=O) groups is 1. The number of anilines is 1. The Morgan fingerprint density at radius 2 is 1.77 bits per heavy atom. The van der Waals surface area contributed by atoms with E-state index in [9.17, 15) is 18.0 Å². The van der Waals surface area contributed by atoms with Crippen molar-refractivity contribution in [3.63, 3.8) is 0 Å². The fourth-order valence-corrected chi connectivity index (χ4v) is 3.07. The van der Waals surface area contributed by atoms with Gasteiger partial charge in [-0.15, -0.1) is 0 Å². The number of imidazole rings is 1. The zero-order chi connectivity index (χ0) is 19.1. The number of hydrogen-bond donors (Lipinski definition) is 1. The summed E-state index contributed by atoms with van der Waals surface area (Å²) in [6.07, 6.45) is -3.67. The van der Waals surface area contributed by atoms with Crippen LogP contribution in [0.3, 0.4) is 0 Å². The minimum Gasteiger partial charge on any atom is -0.320 e. The number of amides is 1. The predicted molar refractivity (Wildman–Crippen MR) is 95.5 cm³/mol. The Hall–Kier alpha value is -2.51. The minimum atomic E-state index is -4.68. The Bertz CT molecular complexity index is 1010. The first-order chi connectivity index (χ1) is 12.2. The maximum Gasteiger partial charge on any atom is 0.450 e. The van der Waals surface area contributed by atoms with Gasteiger partial charge in [0.15, 0.2) is 0 Å². The van der Waals surface area contributed by atoms with Crippen LogP contribution in [0.4, 0.5) is 18.9 Å². The van der Waals surface area contributed by atoms with E-state index < -0.39 is 17.9 Å². The highest BCUT2D eigenvalue weighted by Gasteiger charge is 2.37. The van der Waals surface area contributed by atoms with Crippen LogP contribution in [0.5, 0.6) is 0 Å². The molecule has 0 aliphatic carbocycles. The van der Waals surface area contributed by atoms with Gasteiger partial charge in [-0.25, -0.2) is 4.98 Å². The summed E-state index contributed by atoms with van der Waals surface area (Å²) in [6, 6.07) is 8.91. The van der Waals surface area contributed by atoms with E-state index in [2.05, 4.69) is 16.9 Å². The van der Waals surface area contributed by atoms with E-state index in [4.69, 9.17) is 23.2 Å².